The van der Waals surface area contributed by atoms with Gasteiger partial charge >= 0.3 is 0 Å². The van der Waals surface area contributed by atoms with Crippen molar-refractivity contribution < 1.29 is 14.2 Å². The molecule has 0 bridgehead atoms. The van der Waals surface area contributed by atoms with Gasteiger partial charge in [-0.25, -0.2) is 0 Å². The van der Waals surface area contributed by atoms with E-state index in [0.29, 0.717) is 13.2 Å². The Hall–Kier alpha value is -2.36. The van der Waals surface area contributed by atoms with Crippen molar-refractivity contribution >= 4 is 5.69 Å². The molecule has 2 aromatic rings. The highest BCUT2D eigenvalue weighted by Gasteiger charge is 1.97. The molecule has 0 fully saturated rings. The van der Waals surface area contributed by atoms with Gasteiger partial charge in [-0.3, -0.25) is 0 Å². The lowest BCUT2D eigenvalue weighted by Gasteiger charge is -2.09. The van der Waals surface area contributed by atoms with E-state index in [-0.39, 0.29) is 0 Å². The van der Waals surface area contributed by atoms with Gasteiger partial charge in [0.15, 0.2) is 0 Å². The van der Waals surface area contributed by atoms with Crippen molar-refractivity contribution in [3.8, 4) is 17.2 Å². The molecule has 0 spiro atoms. The first-order valence-electron chi connectivity index (χ1n) is 6.49. The quantitative estimate of drug-likeness (QED) is 0.786. The number of nitrogens with one attached hydrogen (secondary N) is 1. The Bertz CT molecular complexity index is 459. The van der Waals surface area contributed by atoms with E-state index in [1.54, 1.807) is 7.11 Å². The monoisotopic (exact) mass is 273 g/mol. The number of hydrogen-bond donors (Lipinski definition) is 1. The molecular weight excluding hydrogens is 254 g/mol. The molecule has 106 valence electrons. The second-order valence-electron chi connectivity index (χ2n) is 4.15. The van der Waals surface area contributed by atoms with E-state index in [0.717, 1.165) is 22.9 Å². The van der Waals surface area contributed by atoms with Crippen molar-refractivity contribution in [3.63, 3.8) is 0 Å². The highest BCUT2D eigenvalue weighted by molar-refractivity contribution is 5.45. The summed E-state index contributed by atoms with van der Waals surface area (Å²) in [7, 11) is 3.53. The van der Waals surface area contributed by atoms with Crippen LogP contribution < -0.4 is 19.5 Å². The van der Waals surface area contributed by atoms with Crippen LogP contribution in [0.2, 0.25) is 0 Å². The minimum Gasteiger partial charge on any atom is -0.497 e. The van der Waals surface area contributed by atoms with Gasteiger partial charge in [0, 0.05) is 12.7 Å². The number of ether oxygens (including phenoxy) is 3. The van der Waals surface area contributed by atoms with E-state index in [4.69, 9.17) is 14.2 Å². The predicted octanol–water partition coefficient (Wildman–Crippen LogP) is 3.19. The van der Waals surface area contributed by atoms with Crippen molar-refractivity contribution in [3.05, 3.63) is 48.5 Å². The Morgan fingerprint density at radius 1 is 0.750 bits per heavy atom. The summed E-state index contributed by atoms with van der Waals surface area (Å²) >= 11 is 0. The third-order valence-corrected chi connectivity index (χ3v) is 2.82. The average Bonchev–Trinajstić information content (AvgIpc) is 2.53. The summed E-state index contributed by atoms with van der Waals surface area (Å²) in [5.41, 5.74) is 1.06. The van der Waals surface area contributed by atoms with Crippen LogP contribution in [0.25, 0.3) is 0 Å². The lowest BCUT2D eigenvalue weighted by atomic mass is 10.3. The molecule has 0 aliphatic carbocycles. The van der Waals surface area contributed by atoms with Gasteiger partial charge in [-0.2, -0.15) is 0 Å². The lowest BCUT2D eigenvalue weighted by Crippen LogP contribution is -2.08. The Morgan fingerprint density at radius 2 is 1.20 bits per heavy atom. The smallest absolute Gasteiger partial charge is 0.122 e. The lowest BCUT2D eigenvalue weighted by molar-refractivity contribution is 0.217. The van der Waals surface area contributed by atoms with Gasteiger partial charge < -0.3 is 19.5 Å². The zero-order valence-electron chi connectivity index (χ0n) is 11.8. The van der Waals surface area contributed by atoms with Crippen molar-refractivity contribution in [1.82, 2.24) is 0 Å². The van der Waals surface area contributed by atoms with Gasteiger partial charge in [-0.1, -0.05) is 0 Å². The normalized spacial score (nSPS) is 9.90. The van der Waals surface area contributed by atoms with E-state index in [1.807, 2.05) is 55.6 Å². The standard InChI is InChI=1S/C16H19NO3/c1-17-13-3-5-15(6-4-13)19-11-12-20-16-9-7-14(18-2)8-10-16/h3-10,17H,11-12H2,1-2H3. The van der Waals surface area contributed by atoms with Gasteiger partial charge in [0.1, 0.15) is 30.5 Å². The molecule has 0 amide bonds. The second kappa shape index (κ2) is 7.28. The second-order valence-corrected chi connectivity index (χ2v) is 4.15. The van der Waals surface area contributed by atoms with Crippen molar-refractivity contribution in [1.29, 1.82) is 0 Å². The topological polar surface area (TPSA) is 39.7 Å². The van der Waals surface area contributed by atoms with E-state index in [1.165, 1.54) is 0 Å². The molecule has 0 saturated heterocycles. The van der Waals surface area contributed by atoms with Crippen LogP contribution in [-0.2, 0) is 0 Å². The van der Waals surface area contributed by atoms with Crippen LogP contribution in [0.4, 0.5) is 5.69 Å². The summed E-state index contributed by atoms with van der Waals surface area (Å²) < 4.78 is 16.3. The van der Waals surface area contributed by atoms with Crippen LogP contribution in [0.3, 0.4) is 0 Å². The van der Waals surface area contributed by atoms with E-state index in [9.17, 15) is 0 Å². The number of methoxy groups -OCH3 is 1. The van der Waals surface area contributed by atoms with Crippen LogP contribution in [0, 0.1) is 0 Å². The molecule has 0 saturated carbocycles. The molecular formula is C16H19NO3. The number of anilines is 1. The van der Waals surface area contributed by atoms with Crippen molar-refractivity contribution in [2.24, 2.45) is 0 Å². The molecule has 0 aromatic heterocycles. The van der Waals surface area contributed by atoms with Crippen LogP contribution in [-0.4, -0.2) is 27.4 Å². The van der Waals surface area contributed by atoms with E-state index < -0.39 is 0 Å². The highest BCUT2D eigenvalue weighted by atomic mass is 16.5. The van der Waals surface area contributed by atoms with E-state index in [2.05, 4.69) is 5.32 Å². The summed E-state index contributed by atoms with van der Waals surface area (Å²) in [4.78, 5) is 0. The fourth-order valence-electron chi connectivity index (χ4n) is 1.71. The molecule has 0 heterocycles. The SMILES string of the molecule is CNc1ccc(OCCOc2ccc(OC)cc2)cc1. The Morgan fingerprint density at radius 3 is 1.65 bits per heavy atom. The number of hydrogen-bond acceptors (Lipinski definition) is 4. The fraction of sp³-hybridized carbons (Fsp3) is 0.250. The number of benzene rings is 2. The third-order valence-electron chi connectivity index (χ3n) is 2.82. The Balaban J connectivity index is 1.72. The van der Waals surface area contributed by atoms with Gasteiger partial charge in [-0.05, 0) is 48.5 Å². The molecule has 0 aliphatic rings. The maximum Gasteiger partial charge on any atom is 0.122 e. The molecule has 1 N–H and O–H groups in total. The molecule has 4 heteroatoms. The summed E-state index contributed by atoms with van der Waals surface area (Å²) in [5.74, 6) is 2.46. The molecule has 2 aromatic carbocycles. The van der Waals surface area contributed by atoms with Crippen LogP contribution in [0.1, 0.15) is 0 Å². The third kappa shape index (κ3) is 4.09. The largest absolute Gasteiger partial charge is 0.497 e. The average molecular weight is 273 g/mol. The molecule has 2 rings (SSSR count). The first-order chi connectivity index (χ1) is 9.81. The highest BCUT2D eigenvalue weighted by Crippen LogP contribution is 2.17. The molecule has 0 atom stereocenters. The zero-order chi connectivity index (χ0) is 14.2. The molecule has 20 heavy (non-hydrogen) atoms. The van der Waals surface area contributed by atoms with Crippen molar-refractivity contribution in [2.45, 2.75) is 0 Å². The first-order valence-corrected chi connectivity index (χ1v) is 6.49. The minimum absolute atomic E-state index is 0.500. The van der Waals surface area contributed by atoms with Gasteiger partial charge in [0.05, 0.1) is 7.11 Å². The predicted molar refractivity (Wildman–Crippen MR) is 80.0 cm³/mol. The summed E-state index contributed by atoms with van der Waals surface area (Å²) in [6, 6.07) is 15.3. The Kier molecular flexibility index (Phi) is 5.12. The Labute approximate surface area is 119 Å². The van der Waals surface area contributed by atoms with E-state index >= 15 is 0 Å². The fourth-order valence-corrected chi connectivity index (χ4v) is 1.71. The maximum atomic E-state index is 5.59. The molecule has 0 radical (unpaired) electrons. The minimum atomic E-state index is 0.500. The first kappa shape index (κ1) is 14.1. The molecule has 0 unspecified atom stereocenters. The number of rotatable bonds is 7. The maximum absolute atomic E-state index is 5.59. The van der Waals surface area contributed by atoms with Crippen LogP contribution in [0.5, 0.6) is 17.2 Å². The van der Waals surface area contributed by atoms with Gasteiger partial charge in [0.25, 0.3) is 0 Å². The van der Waals surface area contributed by atoms with Crippen LogP contribution in [0.15, 0.2) is 48.5 Å². The van der Waals surface area contributed by atoms with Crippen LogP contribution >= 0.6 is 0 Å². The van der Waals surface area contributed by atoms with Gasteiger partial charge in [-0.15, -0.1) is 0 Å². The van der Waals surface area contributed by atoms with Crippen molar-refractivity contribution in [2.75, 3.05) is 32.7 Å². The summed E-state index contributed by atoms with van der Waals surface area (Å²) in [6.45, 7) is 1.00. The molecule has 0 aliphatic heterocycles. The van der Waals surface area contributed by atoms with Gasteiger partial charge in [0.2, 0.25) is 0 Å². The zero-order valence-corrected chi connectivity index (χ0v) is 11.8. The summed E-state index contributed by atoms with van der Waals surface area (Å²) in [5, 5.41) is 3.06. The molecule has 4 nitrogen and oxygen atoms in total. The summed E-state index contributed by atoms with van der Waals surface area (Å²) in [6.07, 6.45) is 0.